The first-order valence-corrected chi connectivity index (χ1v) is 3.59. The van der Waals surface area contributed by atoms with Crippen LogP contribution in [0.5, 0.6) is 0 Å². The lowest BCUT2D eigenvalue weighted by Gasteiger charge is -1.99. The van der Waals surface area contributed by atoms with Crippen molar-refractivity contribution in [3.05, 3.63) is 29.3 Å². The molecule has 3 nitrogen and oxygen atoms in total. The van der Waals surface area contributed by atoms with Gasteiger partial charge < -0.3 is 5.73 Å². The number of nitrogens with two attached hydrogens (primary N) is 1. The first-order valence-electron chi connectivity index (χ1n) is 3.59. The molecule has 0 spiro atoms. The van der Waals surface area contributed by atoms with Crippen LogP contribution in [0.4, 0.5) is 4.39 Å². The Labute approximate surface area is 69.4 Å². The van der Waals surface area contributed by atoms with Crippen molar-refractivity contribution < 1.29 is 9.18 Å². The van der Waals surface area contributed by atoms with Gasteiger partial charge >= 0.3 is 0 Å². The molecule has 1 aromatic rings. The van der Waals surface area contributed by atoms with E-state index < -0.39 is 11.7 Å². The second kappa shape index (κ2) is 3.30. The Morgan fingerprint density at radius 1 is 1.75 bits per heavy atom. The van der Waals surface area contributed by atoms with Crippen LogP contribution in [0.25, 0.3) is 0 Å². The number of primary amides is 1. The van der Waals surface area contributed by atoms with Crippen LogP contribution in [0.2, 0.25) is 0 Å². The molecule has 1 amide bonds. The average molecular weight is 168 g/mol. The molecule has 0 atom stereocenters. The summed E-state index contributed by atoms with van der Waals surface area (Å²) in [6, 6.07) is 1.27. The summed E-state index contributed by atoms with van der Waals surface area (Å²) in [5.74, 6) is -1.49. The van der Waals surface area contributed by atoms with E-state index in [1.54, 1.807) is 0 Å². The van der Waals surface area contributed by atoms with Crippen molar-refractivity contribution in [3.63, 3.8) is 0 Å². The number of nitrogens with zero attached hydrogens (tertiary/aromatic N) is 1. The van der Waals surface area contributed by atoms with Crippen LogP contribution in [-0.4, -0.2) is 10.9 Å². The van der Waals surface area contributed by atoms with Crippen molar-refractivity contribution in [2.24, 2.45) is 5.73 Å². The highest BCUT2D eigenvalue weighted by atomic mass is 19.1. The molecule has 0 saturated carbocycles. The van der Waals surface area contributed by atoms with Gasteiger partial charge in [0.05, 0.1) is 0 Å². The van der Waals surface area contributed by atoms with E-state index in [4.69, 9.17) is 5.73 Å². The highest BCUT2D eigenvalue weighted by Crippen LogP contribution is 2.06. The van der Waals surface area contributed by atoms with E-state index in [1.807, 2.05) is 6.92 Å². The average Bonchev–Trinajstić information content (AvgIpc) is 2.03. The summed E-state index contributed by atoms with van der Waals surface area (Å²) in [5, 5.41) is 0. The third-order valence-corrected chi connectivity index (χ3v) is 1.54. The van der Waals surface area contributed by atoms with Gasteiger partial charge in [-0.25, -0.2) is 9.37 Å². The zero-order chi connectivity index (χ0) is 9.14. The van der Waals surface area contributed by atoms with E-state index >= 15 is 0 Å². The predicted molar refractivity (Wildman–Crippen MR) is 42.1 cm³/mol. The lowest BCUT2D eigenvalue weighted by atomic mass is 10.2. The second-order valence-electron chi connectivity index (χ2n) is 2.39. The van der Waals surface area contributed by atoms with E-state index in [9.17, 15) is 9.18 Å². The van der Waals surface area contributed by atoms with Gasteiger partial charge in [-0.2, -0.15) is 0 Å². The molecular weight excluding hydrogens is 159 g/mol. The smallest absolute Gasteiger partial charge is 0.270 e. The van der Waals surface area contributed by atoms with Gasteiger partial charge in [0.1, 0.15) is 0 Å². The Hall–Kier alpha value is -1.45. The molecule has 0 aliphatic heterocycles. The summed E-state index contributed by atoms with van der Waals surface area (Å²) < 4.78 is 12.9. The van der Waals surface area contributed by atoms with Crippen LogP contribution in [0, 0.1) is 5.82 Å². The fourth-order valence-corrected chi connectivity index (χ4v) is 0.852. The molecule has 0 unspecified atom stereocenters. The molecule has 12 heavy (non-hydrogen) atoms. The standard InChI is InChI=1S/C8H9FN2O/c1-2-5-3-6(9)7(8(10)12)11-4-5/h3-4H,2H2,1H3,(H2,10,12). The minimum atomic E-state index is -0.838. The molecule has 0 radical (unpaired) electrons. The number of hydrogen-bond donors (Lipinski definition) is 1. The summed E-state index contributed by atoms with van der Waals surface area (Å²) in [6.07, 6.45) is 2.13. The van der Waals surface area contributed by atoms with Gasteiger partial charge in [0.15, 0.2) is 11.5 Å². The molecule has 0 aliphatic carbocycles. The molecular formula is C8H9FN2O. The maximum absolute atomic E-state index is 12.9. The number of halogens is 1. The third-order valence-electron chi connectivity index (χ3n) is 1.54. The van der Waals surface area contributed by atoms with Crippen molar-refractivity contribution in [3.8, 4) is 0 Å². The molecule has 0 aromatic carbocycles. The van der Waals surface area contributed by atoms with Crippen molar-refractivity contribution in [1.82, 2.24) is 4.98 Å². The number of carbonyl (C=O) groups is 1. The quantitative estimate of drug-likeness (QED) is 0.712. The maximum atomic E-state index is 12.9. The molecule has 0 bridgehead atoms. The highest BCUT2D eigenvalue weighted by Gasteiger charge is 2.09. The minimum Gasteiger partial charge on any atom is -0.364 e. The van der Waals surface area contributed by atoms with Gasteiger partial charge in [-0.1, -0.05) is 6.92 Å². The zero-order valence-corrected chi connectivity index (χ0v) is 6.67. The third kappa shape index (κ3) is 1.58. The normalized spacial score (nSPS) is 9.83. The van der Waals surface area contributed by atoms with E-state index in [0.29, 0.717) is 6.42 Å². The Morgan fingerprint density at radius 2 is 2.42 bits per heavy atom. The monoisotopic (exact) mass is 168 g/mol. The topological polar surface area (TPSA) is 56.0 Å². The summed E-state index contributed by atoms with van der Waals surface area (Å²) in [7, 11) is 0. The van der Waals surface area contributed by atoms with Gasteiger partial charge in [-0.05, 0) is 18.1 Å². The predicted octanol–water partition coefficient (Wildman–Crippen LogP) is 0.882. The zero-order valence-electron chi connectivity index (χ0n) is 6.67. The van der Waals surface area contributed by atoms with Crippen LogP contribution in [0.15, 0.2) is 12.3 Å². The number of hydrogen-bond acceptors (Lipinski definition) is 2. The number of aromatic nitrogens is 1. The van der Waals surface area contributed by atoms with Crippen LogP contribution < -0.4 is 5.73 Å². The fourth-order valence-electron chi connectivity index (χ4n) is 0.852. The SMILES string of the molecule is CCc1cnc(C(N)=O)c(F)c1. The summed E-state index contributed by atoms with van der Waals surface area (Å²) in [5.41, 5.74) is 5.31. The lowest BCUT2D eigenvalue weighted by molar-refractivity contribution is 0.0991. The molecule has 2 N–H and O–H groups in total. The molecule has 4 heteroatoms. The number of pyridine rings is 1. The van der Waals surface area contributed by atoms with Gasteiger partial charge in [0.25, 0.3) is 5.91 Å². The van der Waals surface area contributed by atoms with Crippen molar-refractivity contribution >= 4 is 5.91 Å². The lowest BCUT2D eigenvalue weighted by Crippen LogP contribution is -2.15. The van der Waals surface area contributed by atoms with Crippen LogP contribution in [0.1, 0.15) is 23.0 Å². The number of aryl methyl sites for hydroxylation is 1. The summed E-state index contributed by atoms with van der Waals surface area (Å²) >= 11 is 0. The van der Waals surface area contributed by atoms with Crippen molar-refractivity contribution in [2.75, 3.05) is 0 Å². The highest BCUT2D eigenvalue weighted by molar-refractivity contribution is 5.90. The molecule has 0 aliphatic rings. The van der Waals surface area contributed by atoms with E-state index in [-0.39, 0.29) is 5.69 Å². The van der Waals surface area contributed by atoms with Gasteiger partial charge in [0.2, 0.25) is 0 Å². The van der Waals surface area contributed by atoms with Crippen molar-refractivity contribution in [1.29, 1.82) is 0 Å². The van der Waals surface area contributed by atoms with E-state index in [0.717, 1.165) is 5.56 Å². The van der Waals surface area contributed by atoms with Gasteiger partial charge in [-0.15, -0.1) is 0 Å². The van der Waals surface area contributed by atoms with Gasteiger partial charge in [-0.3, -0.25) is 4.79 Å². The van der Waals surface area contributed by atoms with E-state index in [2.05, 4.69) is 4.98 Å². The molecule has 1 rings (SSSR count). The maximum Gasteiger partial charge on any atom is 0.270 e. The minimum absolute atomic E-state index is 0.299. The largest absolute Gasteiger partial charge is 0.364 e. The van der Waals surface area contributed by atoms with Crippen LogP contribution in [0.3, 0.4) is 0 Å². The number of rotatable bonds is 2. The Kier molecular flexibility index (Phi) is 2.38. The van der Waals surface area contributed by atoms with Crippen LogP contribution in [-0.2, 0) is 6.42 Å². The number of amides is 1. The Bertz CT molecular complexity index is 312. The number of carbonyl (C=O) groups excluding carboxylic acids is 1. The molecule has 0 saturated heterocycles. The molecule has 1 heterocycles. The second-order valence-corrected chi connectivity index (χ2v) is 2.39. The molecule has 0 fully saturated rings. The molecule has 64 valence electrons. The molecule has 1 aromatic heterocycles. The Balaban J connectivity index is 3.12. The fraction of sp³-hybridized carbons (Fsp3) is 0.250. The van der Waals surface area contributed by atoms with E-state index in [1.165, 1.54) is 12.3 Å². The first-order chi connectivity index (χ1) is 5.65. The van der Waals surface area contributed by atoms with Gasteiger partial charge in [0, 0.05) is 6.20 Å². The summed E-state index contributed by atoms with van der Waals surface area (Å²) in [6.45, 7) is 1.88. The summed E-state index contributed by atoms with van der Waals surface area (Å²) in [4.78, 5) is 14.1. The first kappa shape index (κ1) is 8.64. The Morgan fingerprint density at radius 3 is 2.83 bits per heavy atom. The van der Waals surface area contributed by atoms with Crippen molar-refractivity contribution in [2.45, 2.75) is 13.3 Å². The van der Waals surface area contributed by atoms with Crippen LogP contribution >= 0.6 is 0 Å².